The van der Waals surface area contributed by atoms with Crippen LogP contribution in [0.2, 0.25) is 0 Å². The molecule has 1 aromatic heterocycles. The maximum absolute atomic E-state index is 12.4. The Kier molecular flexibility index (Phi) is 3.73. The molecule has 1 aliphatic rings. The number of thiazole rings is 1. The van der Waals surface area contributed by atoms with Crippen molar-refractivity contribution in [3.63, 3.8) is 0 Å². The molecule has 0 aliphatic carbocycles. The molecule has 0 spiro atoms. The highest BCUT2D eigenvalue weighted by Gasteiger charge is 2.25. The number of aromatic hydroxyl groups is 2. The lowest BCUT2D eigenvalue weighted by Gasteiger charge is -2.15. The third-order valence-electron chi connectivity index (χ3n) is 4.21. The van der Waals surface area contributed by atoms with Gasteiger partial charge >= 0.3 is 0 Å². The number of carbonyl (C=O) groups excluding carboxylic acids is 1. The molecule has 0 bridgehead atoms. The van der Waals surface area contributed by atoms with Crippen LogP contribution in [-0.4, -0.2) is 28.2 Å². The standard InChI is InChI=1S/C19H15N3O3S/c1-10-3-8-14-13(9-10)15(17(24)20-14)16-18(25)21-19(26-16)22(2)11-4-6-12(23)7-5-11/h3-9,23,25H,1-2H3. The van der Waals surface area contributed by atoms with E-state index in [-0.39, 0.29) is 17.5 Å². The van der Waals surface area contributed by atoms with E-state index in [1.54, 1.807) is 42.3 Å². The van der Waals surface area contributed by atoms with E-state index < -0.39 is 0 Å². The molecular weight excluding hydrogens is 350 g/mol. The Bertz CT molecular complexity index is 1150. The Balaban J connectivity index is 1.83. The number of rotatable bonds is 3. The Morgan fingerprint density at radius 3 is 2.54 bits per heavy atom. The highest BCUT2D eigenvalue weighted by molar-refractivity contribution is 7.17. The fraction of sp³-hybridized carbons (Fsp3) is 0.105. The van der Waals surface area contributed by atoms with Gasteiger partial charge in [0, 0.05) is 18.0 Å². The fourth-order valence-electron chi connectivity index (χ4n) is 2.84. The van der Waals surface area contributed by atoms with Crippen molar-refractivity contribution in [3.05, 3.63) is 63.5 Å². The molecule has 3 aromatic rings. The topological polar surface area (TPSA) is 86.0 Å². The summed E-state index contributed by atoms with van der Waals surface area (Å²) in [6.07, 6.45) is 0. The molecule has 0 fully saturated rings. The number of fused-ring (bicyclic) bond motifs is 1. The first-order valence-corrected chi connectivity index (χ1v) is 8.72. The predicted octanol–water partition coefficient (Wildman–Crippen LogP) is 1.99. The van der Waals surface area contributed by atoms with E-state index in [0.717, 1.165) is 11.3 Å². The molecule has 2 aromatic carbocycles. The zero-order valence-electron chi connectivity index (χ0n) is 14.1. The van der Waals surface area contributed by atoms with Crippen molar-refractivity contribution in [2.75, 3.05) is 11.9 Å². The quantitative estimate of drug-likeness (QED) is 0.741. The number of hydrogen-bond donors (Lipinski definition) is 2. The van der Waals surface area contributed by atoms with Crippen LogP contribution < -0.4 is 15.5 Å². The van der Waals surface area contributed by atoms with Crippen LogP contribution in [-0.2, 0) is 4.79 Å². The minimum Gasteiger partial charge on any atom is -0.508 e. The van der Waals surface area contributed by atoms with Gasteiger partial charge in [-0.1, -0.05) is 23.0 Å². The van der Waals surface area contributed by atoms with Gasteiger partial charge in [0.2, 0.25) is 5.88 Å². The lowest BCUT2D eigenvalue weighted by atomic mass is 10.1. The van der Waals surface area contributed by atoms with Gasteiger partial charge in [-0.05, 0) is 43.3 Å². The summed E-state index contributed by atoms with van der Waals surface area (Å²) in [6, 6.07) is 12.2. The molecule has 1 amide bonds. The highest BCUT2D eigenvalue weighted by atomic mass is 32.1. The molecule has 4 rings (SSSR count). The molecule has 7 heteroatoms. The molecule has 130 valence electrons. The minimum absolute atomic E-state index is 0.172. The SMILES string of the molecule is Cc1ccc2c(c1)=C(c1sc(N(C)c3ccc(O)cc3)nc1O)C(=O)N=2. The number of phenols is 1. The van der Waals surface area contributed by atoms with Gasteiger partial charge in [-0.25, -0.2) is 4.99 Å². The summed E-state index contributed by atoms with van der Waals surface area (Å²) >= 11 is 1.22. The fourth-order valence-corrected chi connectivity index (χ4v) is 3.83. The average molecular weight is 365 g/mol. The van der Waals surface area contributed by atoms with E-state index in [4.69, 9.17) is 0 Å². The molecule has 2 N–H and O–H groups in total. The van der Waals surface area contributed by atoms with Crippen LogP contribution in [0.1, 0.15) is 10.4 Å². The van der Waals surface area contributed by atoms with Crippen molar-refractivity contribution in [3.8, 4) is 11.6 Å². The molecule has 0 atom stereocenters. The molecule has 6 nitrogen and oxygen atoms in total. The number of aromatic nitrogens is 1. The first-order chi connectivity index (χ1) is 12.4. The molecule has 1 aliphatic heterocycles. The van der Waals surface area contributed by atoms with Gasteiger partial charge in [0.15, 0.2) is 5.13 Å². The maximum Gasteiger partial charge on any atom is 0.279 e. The van der Waals surface area contributed by atoms with Crippen molar-refractivity contribution in [1.29, 1.82) is 0 Å². The van der Waals surface area contributed by atoms with Gasteiger partial charge in [-0.15, -0.1) is 0 Å². The summed E-state index contributed by atoms with van der Waals surface area (Å²) in [5.41, 5.74) is 2.19. The first kappa shape index (κ1) is 16.3. The van der Waals surface area contributed by atoms with Crippen LogP contribution in [0, 0.1) is 6.92 Å². The highest BCUT2D eigenvalue weighted by Crippen LogP contribution is 2.38. The number of carbonyl (C=O) groups is 1. The molecule has 0 saturated carbocycles. The van der Waals surface area contributed by atoms with Crippen molar-refractivity contribution < 1.29 is 15.0 Å². The molecule has 0 radical (unpaired) electrons. The molecule has 0 saturated heterocycles. The summed E-state index contributed by atoms with van der Waals surface area (Å²) in [6.45, 7) is 1.94. The van der Waals surface area contributed by atoms with Crippen LogP contribution in [0.4, 0.5) is 10.8 Å². The zero-order chi connectivity index (χ0) is 18.4. The number of amides is 1. The normalized spacial score (nSPS) is 12.8. The maximum atomic E-state index is 12.4. The van der Waals surface area contributed by atoms with Gasteiger partial charge in [0.05, 0.1) is 10.9 Å². The minimum atomic E-state index is -0.372. The van der Waals surface area contributed by atoms with Crippen LogP contribution in [0.3, 0.4) is 0 Å². The average Bonchev–Trinajstić information content (AvgIpc) is 3.13. The molecular formula is C19H15N3O3S. The van der Waals surface area contributed by atoms with Crippen molar-refractivity contribution >= 4 is 33.6 Å². The summed E-state index contributed by atoms with van der Waals surface area (Å²) in [5, 5.41) is 21.6. The van der Waals surface area contributed by atoms with Gasteiger partial charge in [-0.3, -0.25) is 4.79 Å². The van der Waals surface area contributed by atoms with Gasteiger partial charge in [-0.2, -0.15) is 4.98 Å². The van der Waals surface area contributed by atoms with E-state index in [1.807, 2.05) is 19.1 Å². The van der Waals surface area contributed by atoms with Crippen molar-refractivity contribution in [1.82, 2.24) is 4.98 Å². The summed E-state index contributed by atoms with van der Waals surface area (Å²) in [7, 11) is 1.80. The largest absolute Gasteiger partial charge is 0.508 e. The third-order valence-corrected chi connectivity index (χ3v) is 5.34. The second kappa shape index (κ2) is 5.96. The second-order valence-electron chi connectivity index (χ2n) is 6.04. The van der Waals surface area contributed by atoms with E-state index in [1.165, 1.54) is 11.3 Å². The first-order valence-electron chi connectivity index (χ1n) is 7.91. The van der Waals surface area contributed by atoms with Crippen LogP contribution in [0.5, 0.6) is 11.6 Å². The van der Waals surface area contributed by atoms with Crippen LogP contribution in [0.15, 0.2) is 47.5 Å². The van der Waals surface area contributed by atoms with Gasteiger partial charge < -0.3 is 15.1 Å². The summed E-state index contributed by atoms with van der Waals surface area (Å²) < 4.78 is 0. The van der Waals surface area contributed by atoms with E-state index in [0.29, 0.717) is 26.2 Å². The number of hydrogen-bond acceptors (Lipinski definition) is 6. The second-order valence-corrected chi connectivity index (χ2v) is 7.01. The monoisotopic (exact) mass is 365 g/mol. The van der Waals surface area contributed by atoms with Crippen LogP contribution >= 0.6 is 11.3 Å². The summed E-state index contributed by atoms with van der Waals surface area (Å²) in [5.74, 6) is -0.391. The Morgan fingerprint density at radius 2 is 1.81 bits per heavy atom. The van der Waals surface area contributed by atoms with Crippen molar-refractivity contribution in [2.24, 2.45) is 4.99 Å². The smallest absolute Gasteiger partial charge is 0.279 e. The van der Waals surface area contributed by atoms with Crippen molar-refractivity contribution in [2.45, 2.75) is 6.92 Å². The van der Waals surface area contributed by atoms with E-state index in [2.05, 4.69) is 9.98 Å². The Hall–Kier alpha value is -3.19. The number of nitrogens with zero attached hydrogens (tertiary/aromatic N) is 3. The van der Waals surface area contributed by atoms with Gasteiger partial charge in [0.25, 0.3) is 5.91 Å². The van der Waals surface area contributed by atoms with E-state index >= 15 is 0 Å². The number of aryl methyl sites for hydroxylation is 1. The zero-order valence-corrected chi connectivity index (χ0v) is 14.9. The lowest BCUT2D eigenvalue weighted by Crippen LogP contribution is -2.23. The van der Waals surface area contributed by atoms with Crippen LogP contribution in [0.25, 0.3) is 5.57 Å². The number of benzene rings is 2. The third kappa shape index (κ3) is 2.62. The molecule has 0 unspecified atom stereocenters. The Labute approximate surface area is 153 Å². The summed E-state index contributed by atoms with van der Waals surface area (Å²) in [4.78, 5) is 22.9. The van der Waals surface area contributed by atoms with Gasteiger partial charge in [0.1, 0.15) is 10.6 Å². The lowest BCUT2D eigenvalue weighted by molar-refractivity contribution is -0.112. The van der Waals surface area contributed by atoms with E-state index in [9.17, 15) is 15.0 Å². The Morgan fingerprint density at radius 1 is 1.08 bits per heavy atom. The molecule has 2 heterocycles. The number of anilines is 2. The number of phenolic OH excluding ortho intramolecular Hbond substituents is 1. The predicted molar refractivity (Wildman–Crippen MR) is 99.4 cm³/mol. The molecule has 26 heavy (non-hydrogen) atoms.